The topological polar surface area (TPSA) is 91.2 Å². The first-order valence-corrected chi connectivity index (χ1v) is 17.1. The van der Waals surface area contributed by atoms with Gasteiger partial charge in [-0.25, -0.2) is 4.99 Å². The Morgan fingerprint density at radius 1 is 1.04 bits per heavy atom. The zero-order chi connectivity index (χ0) is 33.8. The highest BCUT2D eigenvalue weighted by molar-refractivity contribution is 9.10. The summed E-state index contributed by atoms with van der Waals surface area (Å²) in [6.07, 6.45) is 1.79. The number of hydrogen-bond donors (Lipinski definition) is 1. The summed E-state index contributed by atoms with van der Waals surface area (Å²) in [4.78, 5) is 33.3. The van der Waals surface area contributed by atoms with Gasteiger partial charge in [0.25, 0.3) is 11.5 Å². The number of thiazole rings is 1. The number of carbonyl (C=O) groups is 1. The fourth-order valence-electron chi connectivity index (χ4n) is 5.46. The molecule has 1 N–H and O–H groups in total. The second-order valence-corrected chi connectivity index (χ2v) is 13.2. The molecule has 0 saturated heterocycles. The molecule has 11 heteroatoms. The SMILES string of the molecule is CCOc1ccc([C@@H]2C(C(=O)Nc3ccccc3)=C(C)N=c3s/c(=C\c4cc(Br)c(OCc5cccc(Cl)c5)c(OC)c4)c(=O)n32)cc1. The van der Waals surface area contributed by atoms with Gasteiger partial charge in [0.1, 0.15) is 12.4 Å². The van der Waals surface area contributed by atoms with E-state index in [0.29, 0.717) is 66.2 Å². The highest BCUT2D eigenvalue weighted by atomic mass is 79.9. The number of aromatic nitrogens is 1. The molecule has 0 bridgehead atoms. The van der Waals surface area contributed by atoms with Crippen molar-refractivity contribution in [3.8, 4) is 17.2 Å². The summed E-state index contributed by atoms with van der Waals surface area (Å²) >= 11 is 11.0. The quantitative estimate of drug-likeness (QED) is 0.163. The monoisotopic (exact) mass is 743 g/mol. The number of nitrogens with zero attached hydrogens (tertiary/aromatic N) is 2. The largest absolute Gasteiger partial charge is 0.494 e. The van der Waals surface area contributed by atoms with Crippen LogP contribution in [-0.2, 0) is 11.4 Å². The van der Waals surface area contributed by atoms with Gasteiger partial charge in [0.2, 0.25) is 0 Å². The van der Waals surface area contributed by atoms with E-state index in [1.54, 1.807) is 24.7 Å². The Labute approximate surface area is 294 Å². The molecule has 0 saturated carbocycles. The van der Waals surface area contributed by atoms with E-state index in [-0.39, 0.29) is 11.5 Å². The molecule has 0 unspecified atom stereocenters. The van der Waals surface area contributed by atoms with Crippen molar-refractivity contribution >= 4 is 56.5 Å². The van der Waals surface area contributed by atoms with Gasteiger partial charge in [-0.3, -0.25) is 14.2 Å². The van der Waals surface area contributed by atoms with Crippen molar-refractivity contribution in [1.82, 2.24) is 4.57 Å². The molecule has 0 radical (unpaired) electrons. The van der Waals surface area contributed by atoms with Gasteiger partial charge in [-0.15, -0.1) is 0 Å². The van der Waals surface area contributed by atoms with Crippen LogP contribution in [0.5, 0.6) is 17.2 Å². The highest BCUT2D eigenvalue weighted by Crippen LogP contribution is 2.38. The number of methoxy groups -OCH3 is 1. The standard InChI is InChI=1S/C37H31BrClN3O5S/c1-4-46-28-15-13-25(14-16-28)33-32(35(43)41-27-11-6-5-7-12-27)22(2)40-37-42(33)36(44)31(48-37)20-24-18-29(38)34(30(19-24)45-3)47-21-23-9-8-10-26(39)17-23/h5-20,33H,4,21H2,1-3H3,(H,41,43)/b31-20-/t33-/m1/s1. The first-order chi connectivity index (χ1) is 23.2. The molecular weight excluding hydrogens is 714 g/mol. The van der Waals surface area contributed by atoms with Gasteiger partial charge in [0, 0.05) is 10.7 Å². The second kappa shape index (κ2) is 14.6. The van der Waals surface area contributed by atoms with Crippen molar-refractivity contribution in [2.45, 2.75) is 26.5 Å². The van der Waals surface area contributed by atoms with Crippen LogP contribution in [0.1, 0.15) is 36.6 Å². The van der Waals surface area contributed by atoms with E-state index in [0.717, 1.165) is 16.7 Å². The number of carbonyl (C=O) groups excluding carboxylic acids is 1. The van der Waals surface area contributed by atoms with E-state index in [1.807, 2.05) is 97.9 Å². The number of benzene rings is 4. The molecule has 1 aliphatic heterocycles. The summed E-state index contributed by atoms with van der Waals surface area (Å²) in [5.41, 5.74) is 3.67. The fourth-order valence-corrected chi connectivity index (χ4v) is 7.29. The smallest absolute Gasteiger partial charge is 0.271 e. The van der Waals surface area contributed by atoms with Gasteiger partial charge in [0.05, 0.1) is 40.0 Å². The molecule has 1 atom stereocenters. The van der Waals surface area contributed by atoms with Crippen LogP contribution in [0.3, 0.4) is 0 Å². The lowest BCUT2D eigenvalue weighted by Crippen LogP contribution is -2.40. The summed E-state index contributed by atoms with van der Waals surface area (Å²) in [7, 11) is 1.56. The first kappa shape index (κ1) is 33.3. The van der Waals surface area contributed by atoms with Crippen LogP contribution in [0.2, 0.25) is 5.02 Å². The molecule has 8 nitrogen and oxygen atoms in total. The molecule has 2 heterocycles. The number of anilines is 1. The molecule has 0 fully saturated rings. The Kier molecular flexibility index (Phi) is 10.1. The third kappa shape index (κ3) is 7.11. The van der Waals surface area contributed by atoms with Crippen LogP contribution in [0.25, 0.3) is 6.08 Å². The van der Waals surface area contributed by atoms with Gasteiger partial charge in [-0.1, -0.05) is 65.4 Å². The predicted octanol–water partition coefficient (Wildman–Crippen LogP) is 7.28. The van der Waals surface area contributed by atoms with Crippen LogP contribution < -0.4 is 34.4 Å². The Bertz CT molecular complexity index is 2200. The molecule has 1 aromatic heterocycles. The number of fused-ring (bicyclic) bond motifs is 1. The van der Waals surface area contributed by atoms with Crippen LogP contribution in [0.4, 0.5) is 5.69 Å². The van der Waals surface area contributed by atoms with Crippen LogP contribution in [-0.4, -0.2) is 24.2 Å². The Morgan fingerprint density at radius 2 is 1.81 bits per heavy atom. The van der Waals surface area contributed by atoms with Gasteiger partial charge >= 0.3 is 0 Å². The van der Waals surface area contributed by atoms with E-state index in [2.05, 4.69) is 21.2 Å². The Hall–Kier alpha value is -4.64. The average molecular weight is 745 g/mol. The molecule has 4 aromatic carbocycles. The van der Waals surface area contributed by atoms with Gasteiger partial charge < -0.3 is 19.5 Å². The number of ether oxygens (including phenoxy) is 3. The van der Waals surface area contributed by atoms with E-state index < -0.39 is 6.04 Å². The van der Waals surface area contributed by atoms with E-state index in [1.165, 1.54) is 11.3 Å². The number of allylic oxidation sites excluding steroid dienone is 1. The van der Waals surface area contributed by atoms with E-state index in [9.17, 15) is 9.59 Å². The fraction of sp³-hybridized carbons (Fsp3) is 0.162. The maximum Gasteiger partial charge on any atom is 0.271 e. The minimum atomic E-state index is -0.716. The molecule has 5 aromatic rings. The Morgan fingerprint density at radius 3 is 2.52 bits per heavy atom. The van der Waals surface area contributed by atoms with Crippen LogP contribution in [0, 0.1) is 0 Å². The molecule has 6 rings (SSSR count). The summed E-state index contributed by atoms with van der Waals surface area (Å²) in [6.45, 7) is 4.52. The minimum absolute atomic E-state index is 0.272. The van der Waals surface area contributed by atoms with Crippen LogP contribution in [0.15, 0.2) is 117 Å². The van der Waals surface area contributed by atoms with Crippen molar-refractivity contribution in [2.75, 3.05) is 19.0 Å². The summed E-state index contributed by atoms with van der Waals surface area (Å²) in [5, 5.41) is 3.61. The van der Waals surface area contributed by atoms with Gasteiger partial charge in [-0.05, 0) is 101 Å². The number of hydrogen-bond acceptors (Lipinski definition) is 7. The number of halogens is 2. The number of rotatable bonds is 10. The second-order valence-electron chi connectivity index (χ2n) is 10.9. The van der Waals surface area contributed by atoms with Crippen molar-refractivity contribution < 1.29 is 19.0 Å². The third-order valence-corrected chi connectivity index (χ3v) is 9.43. The predicted molar refractivity (Wildman–Crippen MR) is 193 cm³/mol. The highest BCUT2D eigenvalue weighted by Gasteiger charge is 2.32. The third-order valence-electron chi connectivity index (χ3n) is 7.63. The number of nitrogens with one attached hydrogen (secondary N) is 1. The number of amides is 1. The maximum absolute atomic E-state index is 14.2. The zero-order valence-electron chi connectivity index (χ0n) is 26.3. The van der Waals surface area contributed by atoms with Crippen molar-refractivity contribution in [3.05, 3.63) is 148 Å². The molecule has 1 aliphatic rings. The molecule has 48 heavy (non-hydrogen) atoms. The van der Waals surface area contributed by atoms with Crippen molar-refractivity contribution in [1.29, 1.82) is 0 Å². The lowest BCUT2D eigenvalue weighted by Gasteiger charge is -2.25. The summed E-state index contributed by atoms with van der Waals surface area (Å²) < 4.78 is 20.1. The maximum atomic E-state index is 14.2. The Balaban J connectivity index is 1.40. The molecule has 0 aliphatic carbocycles. The van der Waals surface area contributed by atoms with Crippen molar-refractivity contribution in [2.24, 2.45) is 4.99 Å². The summed E-state index contributed by atoms with van der Waals surface area (Å²) in [6, 6.07) is 27.1. The van der Waals surface area contributed by atoms with Crippen molar-refractivity contribution in [3.63, 3.8) is 0 Å². The molecule has 244 valence electrons. The zero-order valence-corrected chi connectivity index (χ0v) is 29.5. The normalized spacial score (nSPS) is 14.3. The van der Waals surface area contributed by atoms with E-state index in [4.69, 9.17) is 30.8 Å². The molecule has 0 spiro atoms. The first-order valence-electron chi connectivity index (χ1n) is 15.1. The minimum Gasteiger partial charge on any atom is -0.494 e. The molecular formula is C37H31BrClN3O5S. The van der Waals surface area contributed by atoms with Gasteiger partial charge in [0.15, 0.2) is 16.3 Å². The lowest BCUT2D eigenvalue weighted by atomic mass is 9.95. The average Bonchev–Trinajstić information content (AvgIpc) is 3.37. The number of para-hydroxylation sites is 1. The summed E-state index contributed by atoms with van der Waals surface area (Å²) in [5.74, 6) is 1.38. The molecule has 1 amide bonds. The van der Waals surface area contributed by atoms with Gasteiger partial charge in [-0.2, -0.15) is 0 Å². The van der Waals surface area contributed by atoms with Crippen LogP contribution >= 0.6 is 38.9 Å². The van der Waals surface area contributed by atoms with E-state index >= 15 is 0 Å². The lowest BCUT2D eigenvalue weighted by molar-refractivity contribution is -0.113.